The molecule has 2 rings (SSSR count). The molecule has 1 aromatic carbocycles. The molecule has 66 valence electrons. The first-order valence-corrected chi connectivity index (χ1v) is 5.40. The highest BCUT2D eigenvalue weighted by molar-refractivity contribution is 7.96. The number of rotatable bonds is 0. The quantitative estimate of drug-likeness (QED) is 0.456. The average Bonchev–Trinajstić information content (AvgIpc) is 2.42. The van der Waals surface area contributed by atoms with Gasteiger partial charge in [0.25, 0.3) is 0 Å². The third kappa shape index (κ3) is 1.24. The van der Waals surface area contributed by atoms with E-state index in [0.717, 1.165) is 11.1 Å². The number of terminal acetylenes is 1. The highest BCUT2D eigenvalue weighted by Gasteiger charge is 2.21. The molecule has 0 fully saturated rings. The van der Waals surface area contributed by atoms with Gasteiger partial charge in [0.15, 0.2) is 0 Å². The summed E-state index contributed by atoms with van der Waals surface area (Å²) in [5.41, 5.74) is 1.66. The molecule has 0 saturated carbocycles. The Labute approximate surface area is 77.8 Å². The van der Waals surface area contributed by atoms with Crippen LogP contribution in [-0.4, -0.2) is 10.1 Å². The average molecular weight is 192 g/mol. The van der Waals surface area contributed by atoms with Gasteiger partial charge < -0.3 is 0 Å². The van der Waals surface area contributed by atoms with Crippen LogP contribution in [0.2, 0.25) is 0 Å². The molecule has 2 nitrogen and oxygen atoms in total. The minimum Gasteiger partial charge on any atom is -0.290 e. The van der Waals surface area contributed by atoms with Gasteiger partial charge in [-0.15, -0.1) is 6.42 Å². The molecule has 0 aromatic heterocycles. The zero-order chi connectivity index (χ0) is 9.47. The van der Waals surface area contributed by atoms with E-state index in [2.05, 4.69) is 11.8 Å². The standard InChI is InChI=1S/C10H8O2S/c1-3-8-4-5-10-9(6-8)7-12-13(10,2)11/h1,4-6H,2,7H2. The summed E-state index contributed by atoms with van der Waals surface area (Å²) >= 11 is 0. The topological polar surface area (TPSA) is 26.3 Å². The second kappa shape index (κ2) is 2.63. The zero-order valence-corrected chi connectivity index (χ0v) is 7.76. The molecule has 1 heterocycles. The number of benzene rings is 1. The molecule has 3 heteroatoms. The normalized spacial score (nSPS) is 25.2. The first-order valence-electron chi connectivity index (χ1n) is 3.75. The molecule has 0 aliphatic carbocycles. The van der Waals surface area contributed by atoms with E-state index in [9.17, 15) is 4.21 Å². The Kier molecular flexibility index (Phi) is 1.69. The van der Waals surface area contributed by atoms with Gasteiger partial charge in [0.05, 0.1) is 11.5 Å². The lowest BCUT2D eigenvalue weighted by molar-refractivity contribution is 0.353. The van der Waals surface area contributed by atoms with E-state index in [4.69, 9.17) is 10.6 Å². The number of hydrogen-bond acceptors (Lipinski definition) is 2. The molecular formula is C10H8O2S. The van der Waals surface area contributed by atoms with Crippen LogP contribution in [-0.2, 0) is 20.6 Å². The van der Waals surface area contributed by atoms with Crippen molar-refractivity contribution in [3.05, 3.63) is 29.3 Å². The summed E-state index contributed by atoms with van der Waals surface area (Å²) in [6.45, 7) is 0.340. The van der Waals surface area contributed by atoms with Crippen molar-refractivity contribution in [2.24, 2.45) is 0 Å². The van der Waals surface area contributed by atoms with Gasteiger partial charge in [-0.05, 0) is 29.6 Å². The van der Waals surface area contributed by atoms with Gasteiger partial charge in [-0.2, -0.15) is 0 Å². The van der Waals surface area contributed by atoms with Crippen molar-refractivity contribution in [3.8, 4) is 12.3 Å². The zero-order valence-electron chi connectivity index (χ0n) is 6.95. The Morgan fingerprint density at radius 3 is 3.08 bits per heavy atom. The van der Waals surface area contributed by atoms with E-state index in [1.807, 2.05) is 6.07 Å². The molecular weight excluding hydrogens is 184 g/mol. The van der Waals surface area contributed by atoms with Crippen LogP contribution < -0.4 is 0 Å². The van der Waals surface area contributed by atoms with Crippen LogP contribution in [0, 0.1) is 12.3 Å². The smallest absolute Gasteiger partial charge is 0.107 e. The summed E-state index contributed by atoms with van der Waals surface area (Å²) in [6, 6.07) is 5.29. The molecule has 0 radical (unpaired) electrons. The van der Waals surface area contributed by atoms with Crippen LogP contribution in [0.1, 0.15) is 11.1 Å². The molecule has 1 aliphatic rings. The summed E-state index contributed by atoms with van der Waals surface area (Å²) in [4.78, 5) is 0.673. The molecule has 13 heavy (non-hydrogen) atoms. The van der Waals surface area contributed by atoms with E-state index in [0.29, 0.717) is 11.5 Å². The van der Waals surface area contributed by atoms with Crippen molar-refractivity contribution in [2.75, 3.05) is 0 Å². The van der Waals surface area contributed by atoms with Gasteiger partial charge >= 0.3 is 0 Å². The molecule has 1 aromatic rings. The number of hydrogen-bond donors (Lipinski definition) is 0. The maximum Gasteiger partial charge on any atom is 0.107 e. The summed E-state index contributed by atoms with van der Waals surface area (Å²) in [5.74, 6) is 6.04. The maximum absolute atomic E-state index is 11.6. The minimum absolute atomic E-state index is 0.340. The van der Waals surface area contributed by atoms with E-state index < -0.39 is 9.80 Å². The lowest BCUT2D eigenvalue weighted by Gasteiger charge is -1.99. The Morgan fingerprint density at radius 1 is 1.62 bits per heavy atom. The Balaban J connectivity index is 2.67. The third-order valence-corrected chi connectivity index (χ3v) is 3.53. The fourth-order valence-electron chi connectivity index (χ4n) is 1.31. The van der Waals surface area contributed by atoms with Crippen LogP contribution in [0.3, 0.4) is 0 Å². The predicted octanol–water partition coefficient (Wildman–Crippen LogP) is 1.19. The first-order chi connectivity index (χ1) is 6.13. The van der Waals surface area contributed by atoms with Crippen molar-refractivity contribution in [2.45, 2.75) is 11.5 Å². The van der Waals surface area contributed by atoms with E-state index >= 15 is 0 Å². The fraction of sp³-hybridized carbons (Fsp3) is 0.100. The van der Waals surface area contributed by atoms with Crippen molar-refractivity contribution in [1.29, 1.82) is 0 Å². The van der Waals surface area contributed by atoms with E-state index in [1.54, 1.807) is 12.1 Å². The van der Waals surface area contributed by atoms with E-state index in [1.165, 1.54) is 0 Å². The summed E-state index contributed by atoms with van der Waals surface area (Å²) in [7, 11) is -2.50. The Hall–Kier alpha value is -1.24. The lowest BCUT2D eigenvalue weighted by Crippen LogP contribution is -1.95. The largest absolute Gasteiger partial charge is 0.290 e. The second-order valence-corrected chi connectivity index (χ2v) is 4.75. The summed E-state index contributed by atoms with van der Waals surface area (Å²) < 4.78 is 16.7. The van der Waals surface area contributed by atoms with Crippen LogP contribution in [0.4, 0.5) is 0 Å². The molecule has 0 spiro atoms. The van der Waals surface area contributed by atoms with Crippen molar-refractivity contribution in [1.82, 2.24) is 0 Å². The van der Waals surface area contributed by atoms with Gasteiger partial charge in [0, 0.05) is 5.56 Å². The van der Waals surface area contributed by atoms with Crippen LogP contribution in [0.25, 0.3) is 0 Å². The highest BCUT2D eigenvalue weighted by Crippen LogP contribution is 2.27. The highest BCUT2D eigenvalue weighted by atomic mass is 32.2. The van der Waals surface area contributed by atoms with Crippen molar-refractivity contribution in [3.63, 3.8) is 0 Å². The van der Waals surface area contributed by atoms with Gasteiger partial charge in [0.1, 0.15) is 9.80 Å². The van der Waals surface area contributed by atoms with Gasteiger partial charge in [-0.3, -0.25) is 4.18 Å². The van der Waals surface area contributed by atoms with Gasteiger partial charge in [-0.1, -0.05) is 5.92 Å². The lowest BCUT2D eigenvalue weighted by atomic mass is 10.1. The van der Waals surface area contributed by atoms with Crippen LogP contribution in [0.15, 0.2) is 23.1 Å². The van der Waals surface area contributed by atoms with Crippen LogP contribution >= 0.6 is 0 Å². The Morgan fingerprint density at radius 2 is 2.38 bits per heavy atom. The molecule has 0 N–H and O–H groups in total. The van der Waals surface area contributed by atoms with Gasteiger partial charge in [-0.25, -0.2) is 4.21 Å². The van der Waals surface area contributed by atoms with Crippen LogP contribution in [0.5, 0.6) is 0 Å². The second-order valence-electron chi connectivity index (χ2n) is 2.84. The predicted molar refractivity (Wildman–Crippen MR) is 52.7 cm³/mol. The molecule has 1 unspecified atom stereocenters. The van der Waals surface area contributed by atoms with E-state index in [-0.39, 0.29) is 0 Å². The fourth-order valence-corrected chi connectivity index (χ4v) is 2.54. The van der Waals surface area contributed by atoms with Crippen molar-refractivity contribution < 1.29 is 8.39 Å². The summed E-state index contributed by atoms with van der Waals surface area (Å²) in [5, 5.41) is 0. The third-order valence-electron chi connectivity index (χ3n) is 1.97. The molecule has 0 saturated heterocycles. The maximum atomic E-state index is 11.6. The number of fused-ring (bicyclic) bond motifs is 1. The summed E-state index contributed by atoms with van der Waals surface area (Å²) in [6.07, 6.45) is 5.23. The molecule has 0 amide bonds. The first kappa shape index (κ1) is 8.36. The minimum atomic E-state index is -2.50. The monoisotopic (exact) mass is 192 g/mol. The molecule has 1 aliphatic heterocycles. The molecule has 1 atom stereocenters. The SMILES string of the molecule is C#Cc1ccc2c(c1)COS2(=C)=O. The molecule has 0 bridgehead atoms. The Bertz CT molecular complexity index is 492. The van der Waals surface area contributed by atoms with Crippen molar-refractivity contribution >= 4 is 15.7 Å². The van der Waals surface area contributed by atoms with Gasteiger partial charge in [0.2, 0.25) is 0 Å².